The van der Waals surface area contributed by atoms with Crippen LogP contribution in [0, 0.1) is 40.1 Å². The Bertz CT molecular complexity index is 1010. The van der Waals surface area contributed by atoms with Crippen LogP contribution in [-0.4, -0.2) is 21.8 Å². The zero-order chi connectivity index (χ0) is 20.9. The van der Waals surface area contributed by atoms with Gasteiger partial charge in [-0.15, -0.1) is 0 Å². The fourth-order valence-electron chi connectivity index (χ4n) is 2.27. The van der Waals surface area contributed by atoms with Crippen LogP contribution in [0.25, 0.3) is 0 Å². The summed E-state index contributed by atoms with van der Waals surface area (Å²) in [6.07, 6.45) is 0. The average Bonchev–Trinajstić information content (AvgIpc) is 2.60. The minimum absolute atomic E-state index is 0.0970. The molecule has 0 amide bonds. The van der Waals surface area contributed by atoms with Crippen LogP contribution in [0.15, 0.2) is 18.2 Å². The number of Topliss-reactive ketones (excluding diaryl/α,β-unsaturated/α-hetero) is 2. The van der Waals surface area contributed by atoms with Crippen molar-refractivity contribution in [2.45, 2.75) is 27.7 Å². The van der Waals surface area contributed by atoms with Crippen LogP contribution in [0.3, 0.4) is 0 Å². The van der Waals surface area contributed by atoms with E-state index in [1.165, 1.54) is 26.0 Å². The summed E-state index contributed by atoms with van der Waals surface area (Å²) < 4.78 is 0.440. The lowest BCUT2D eigenvalue weighted by atomic mass is 10.0. The molecule has 0 aliphatic heterocycles. The Morgan fingerprint density at radius 2 is 1.44 bits per heavy atom. The van der Waals surface area contributed by atoms with E-state index in [0.717, 1.165) is 0 Å². The van der Waals surface area contributed by atoms with Crippen molar-refractivity contribution >= 4 is 34.2 Å². The van der Waals surface area contributed by atoms with Crippen LogP contribution >= 0.6 is 22.6 Å². The highest BCUT2D eigenvalue weighted by Gasteiger charge is 2.15. The molecule has 0 spiro atoms. The van der Waals surface area contributed by atoms with Crippen molar-refractivity contribution in [3.63, 3.8) is 0 Å². The lowest BCUT2D eigenvalue weighted by Gasteiger charge is -2.07. The van der Waals surface area contributed by atoms with E-state index in [-0.39, 0.29) is 34.2 Å². The third-order valence-corrected chi connectivity index (χ3v) is 4.82. The van der Waals surface area contributed by atoms with Gasteiger partial charge in [-0.1, -0.05) is 0 Å². The van der Waals surface area contributed by atoms with E-state index in [4.69, 9.17) is 10.5 Å². The smallest absolute Gasteiger partial charge is 0.163 e. The molecule has 2 N–H and O–H groups in total. The van der Waals surface area contributed by atoms with E-state index in [1.807, 2.05) is 34.7 Å². The van der Waals surface area contributed by atoms with Gasteiger partial charge in [0.05, 0.1) is 31.9 Å². The normalized spacial score (nSPS) is 9.44. The third kappa shape index (κ3) is 5.05. The second kappa shape index (κ2) is 9.15. The Kier molecular flexibility index (Phi) is 7.50. The van der Waals surface area contributed by atoms with Gasteiger partial charge in [-0.2, -0.15) is 10.5 Å². The molecule has 0 saturated carbocycles. The highest BCUT2D eigenvalue weighted by atomic mass is 127. The number of carbonyl (C=O) groups excluding carboxylic acids is 2. The predicted molar refractivity (Wildman–Crippen MR) is 108 cm³/mol. The van der Waals surface area contributed by atoms with Crippen LogP contribution in [-0.2, 0) is 0 Å². The Morgan fingerprint density at radius 1 is 0.926 bits per heavy atom. The predicted octanol–water partition coefficient (Wildman–Crippen LogP) is 4.15. The number of nitrogens with zero attached hydrogens (tertiary/aromatic N) is 2. The Balaban J connectivity index is 0.000000271. The summed E-state index contributed by atoms with van der Waals surface area (Å²) >= 11 is 1.86. The largest absolute Gasteiger partial charge is 0.507 e. The molecule has 6 nitrogen and oxygen atoms in total. The number of hydrogen-bond acceptors (Lipinski definition) is 6. The van der Waals surface area contributed by atoms with Crippen LogP contribution in [0.2, 0.25) is 0 Å². The zero-order valence-electron chi connectivity index (χ0n) is 15.2. The van der Waals surface area contributed by atoms with Crippen molar-refractivity contribution in [3.8, 4) is 23.6 Å². The van der Waals surface area contributed by atoms with Gasteiger partial charge in [0.2, 0.25) is 0 Å². The van der Waals surface area contributed by atoms with Gasteiger partial charge in [-0.25, -0.2) is 0 Å². The number of ketones is 2. The summed E-state index contributed by atoms with van der Waals surface area (Å²) in [6, 6.07) is 8.30. The number of aromatic hydroxyl groups is 2. The van der Waals surface area contributed by atoms with Crippen molar-refractivity contribution in [3.05, 3.63) is 55.1 Å². The molecule has 0 aliphatic carbocycles. The first kappa shape index (κ1) is 22.1. The summed E-state index contributed by atoms with van der Waals surface area (Å²) in [4.78, 5) is 22.1. The molecule has 27 heavy (non-hydrogen) atoms. The molecule has 2 aromatic rings. The molecule has 2 aromatic carbocycles. The van der Waals surface area contributed by atoms with E-state index >= 15 is 0 Å². The number of halogens is 1. The molecule has 0 fully saturated rings. The standard InChI is InChI=1S/C10H8INO2.C10H9NO2/c1-5-3-7(6(2)13)10(14)9(11)8(5)4-12;1-6-3-9(7(2)12)10(13)4-8(6)5-11/h3,14H,1-2H3;3-4,13H,1-2H3. The molecule has 0 saturated heterocycles. The molecular formula is C20H17IN2O4. The molecule has 2 rings (SSSR count). The number of hydrogen-bond donors (Lipinski definition) is 2. The number of aryl methyl sites for hydroxylation is 2. The molecule has 0 aromatic heterocycles. The third-order valence-electron chi connectivity index (χ3n) is 3.77. The zero-order valence-corrected chi connectivity index (χ0v) is 17.4. The molecule has 0 bridgehead atoms. The highest BCUT2D eigenvalue weighted by molar-refractivity contribution is 14.1. The Morgan fingerprint density at radius 3 is 1.89 bits per heavy atom. The van der Waals surface area contributed by atoms with E-state index in [0.29, 0.717) is 25.8 Å². The minimum atomic E-state index is -0.204. The second-order valence-electron chi connectivity index (χ2n) is 5.80. The molecule has 0 aliphatic rings. The minimum Gasteiger partial charge on any atom is -0.507 e. The lowest BCUT2D eigenvalue weighted by Crippen LogP contribution is -1.98. The monoisotopic (exact) mass is 476 g/mol. The molecule has 0 radical (unpaired) electrons. The summed E-state index contributed by atoms with van der Waals surface area (Å²) in [6.45, 7) is 6.23. The molecule has 138 valence electrons. The summed E-state index contributed by atoms with van der Waals surface area (Å²) in [5.41, 5.74) is 2.75. The van der Waals surface area contributed by atoms with Gasteiger partial charge in [0.15, 0.2) is 11.6 Å². The number of carbonyl (C=O) groups is 2. The van der Waals surface area contributed by atoms with Crippen molar-refractivity contribution in [2.75, 3.05) is 0 Å². The van der Waals surface area contributed by atoms with Crippen LogP contribution < -0.4 is 0 Å². The average molecular weight is 476 g/mol. The number of benzene rings is 2. The van der Waals surface area contributed by atoms with Gasteiger partial charge in [0.1, 0.15) is 17.6 Å². The first-order chi connectivity index (χ1) is 12.5. The van der Waals surface area contributed by atoms with Gasteiger partial charge in [0, 0.05) is 0 Å². The molecular weight excluding hydrogens is 459 g/mol. The van der Waals surface area contributed by atoms with E-state index in [1.54, 1.807) is 19.9 Å². The number of nitriles is 2. The Hall–Kier alpha value is -2.91. The molecule has 7 heteroatoms. The fourth-order valence-corrected chi connectivity index (χ4v) is 3.11. The summed E-state index contributed by atoms with van der Waals surface area (Å²) in [5.74, 6) is -0.631. The molecule has 0 atom stereocenters. The Labute approximate surface area is 170 Å². The van der Waals surface area contributed by atoms with Crippen LogP contribution in [0.1, 0.15) is 56.8 Å². The lowest BCUT2D eigenvalue weighted by molar-refractivity contribution is 0.100. The number of phenols is 2. The highest BCUT2D eigenvalue weighted by Crippen LogP contribution is 2.30. The van der Waals surface area contributed by atoms with Crippen LogP contribution in [0.4, 0.5) is 0 Å². The summed E-state index contributed by atoms with van der Waals surface area (Å²) in [7, 11) is 0. The maximum Gasteiger partial charge on any atom is 0.163 e. The van der Waals surface area contributed by atoms with Gasteiger partial charge in [-0.3, -0.25) is 9.59 Å². The number of phenolic OH excluding ortho intramolecular Hbond substituents is 2. The van der Waals surface area contributed by atoms with Crippen molar-refractivity contribution in [1.82, 2.24) is 0 Å². The molecule has 0 heterocycles. The van der Waals surface area contributed by atoms with Crippen LogP contribution in [0.5, 0.6) is 11.5 Å². The first-order valence-corrected chi connectivity index (χ1v) is 8.80. The van der Waals surface area contributed by atoms with Gasteiger partial charge in [-0.05, 0) is 79.6 Å². The maximum absolute atomic E-state index is 11.1. The van der Waals surface area contributed by atoms with E-state index < -0.39 is 0 Å². The van der Waals surface area contributed by atoms with Gasteiger partial charge < -0.3 is 10.2 Å². The molecule has 0 unspecified atom stereocenters. The van der Waals surface area contributed by atoms with E-state index in [9.17, 15) is 19.8 Å². The van der Waals surface area contributed by atoms with Crippen molar-refractivity contribution in [2.24, 2.45) is 0 Å². The van der Waals surface area contributed by atoms with Gasteiger partial charge >= 0.3 is 0 Å². The second-order valence-corrected chi connectivity index (χ2v) is 6.88. The maximum atomic E-state index is 11.1. The summed E-state index contributed by atoms with van der Waals surface area (Å²) in [5, 5.41) is 36.4. The fraction of sp³-hybridized carbons (Fsp3) is 0.200. The SMILES string of the molecule is CC(=O)c1cc(C)c(C#N)c(I)c1O.CC(=O)c1cc(C)c(C#N)cc1O. The topological polar surface area (TPSA) is 122 Å². The van der Waals surface area contributed by atoms with E-state index in [2.05, 4.69) is 0 Å². The number of rotatable bonds is 2. The van der Waals surface area contributed by atoms with Crippen molar-refractivity contribution in [1.29, 1.82) is 10.5 Å². The quantitative estimate of drug-likeness (QED) is 0.496. The van der Waals surface area contributed by atoms with Gasteiger partial charge in [0.25, 0.3) is 0 Å². The van der Waals surface area contributed by atoms with Crippen molar-refractivity contribution < 1.29 is 19.8 Å². The first-order valence-electron chi connectivity index (χ1n) is 7.72.